The van der Waals surface area contributed by atoms with Crippen LogP contribution >= 0.6 is 12.6 Å². The average Bonchev–Trinajstić information content (AvgIpc) is 2.48. The summed E-state index contributed by atoms with van der Waals surface area (Å²) in [4.78, 5) is 1.87. The Balaban J connectivity index is 2.12. The van der Waals surface area contributed by atoms with E-state index in [0.717, 1.165) is 20.9 Å². The molecule has 1 aliphatic heterocycles. The first-order valence-corrected chi connectivity index (χ1v) is 6.12. The third-order valence-electron chi connectivity index (χ3n) is 3.17. The molecule has 2 nitrogen and oxygen atoms in total. The molecule has 0 saturated carbocycles. The minimum absolute atomic E-state index is 0.199. The number of hydrogen-bond donors (Lipinski definition) is 2. The predicted molar refractivity (Wildman–Crippen MR) is 64.7 cm³/mol. The predicted octanol–water partition coefficient (Wildman–Crippen LogP) is 2.26. The first-order valence-electron chi connectivity index (χ1n) is 5.67. The van der Waals surface area contributed by atoms with Crippen LogP contribution in [0.2, 0.25) is 0 Å². The smallest absolute Gasteiger partial charge is 0.370 e. The van der Waals surface area contributed by atoms with Crippen LogP contribution in [0.3, 0.4) is 0 Å². The van der Waals surface area contributed by atoms with Gasteiger partial charge in [-0.15, -0.1) is 12.6 Å². The van der Waals surface area contributed by atoms with Gasteiger partial charge >= 0.3 is 6.18 Å². The van der Waals surface area contributed by atoms with Crippen LogP contribution in [0.4, 0.5) is 13.2 Å². The second-order valence-electron chi connectivity index (χ2n) is 4.40. The van der Waals surface area contributed by atoms with Gasteiger partial charge in [0.05, 0.1) is 0 Å². The normalized spacial score (nSPS) is 19.2. The topological polar surface area (TPSA) is 23.5 Å². The van der Waals surface area contributed by atoms with Crippen molar-refractivity contribution in [3.8, 4) is 0 Å². The van der Waals surface area contributed by atoms with Crippen molar-refractivity contribution in [2.75, 3.05) is 13.1 Å². The number of aliphatic hydroxyl groups excluding tert-OH is 1. The van der Waals surface area contributed by atoms with Crippen LogP contribution in [0.25, 0.3) is 0 Å². The molecule has 0 saturated heterocycles. The van der Waals surface area contributed by atoms with Gasteiger partial charge in [-0.1, -0.05) is 6.07 Å². The van der Waals surface area contributed by atoms with Gasteiger partial charge in [-0.3, -0.25) is 4.90 Å². The van der Waals surface area contributed by atoms with Crippen molar-refractivity contribution in [2.45, 2.75) is 30.1 Å². The lowest BCUT2D eigenvalue weighted by molar-refractivity contribution is -0.249. The Kier molecular flexibility index (Phi) is 3.89. The van der Waals surface area contributed by atoms with Crippen LogP contribution < -0.4 is 0 Å². The lowest BCUT2D eigenvalue weighted by Crippen LogP contribution is -2.46. The largest absolute Gasteiger partial charge is 0.428 e. The number of fused-ring (bicyclic) bond motifs is 1. The fourth-order valence-corrected chi connectivity index (χ4v) is 2.41. The molecule has 0 radical (unpaired) electrons. The number of benzene rings is 1. The van der Waals surface area contributed by atoms with Gasteiger partial charge in [0.15, 0.2) is 0 Å². The number of aliphatic hydroxyl groups is 1. The summed E-state index contributed by atoms with van der Waals surface area (Å²) in [6.45, 7) is 0.407. The molecular formula is C12H14F3NOS. The molecule has 0 amide bonds. The molecule has 1 aromatic carbocycles. The van der Waals surface area contributed by atoms with E-state index in [1.54, 1.807) is 0 Å². The summed E-state index contributed by atoms with van der Waals surface area (Å²) in [5.41, 5.74) is 2.05. The number of alkyl halides is 3. The van der Waals surface area contributed by atoms with Crippen LogP contribution in [0.5, 0.6) is 0 Å². The van der Waals surface area contributed by atoms with Crippen LogP contribution in [-0.4, -0.2) is 35.5 Å². The number of rotatable bonds is 1. The molecule has 0 spiro atoms. The van der Waals surface area contributed by atoms with Gasteiger partial charge in [0.1, 0.15) is 0 Å². The molecule has 100 valence electrons. The minimum Gasteiger partial charge on any atom is -0.370 e. The molecule has 2 rings (SSSR count). The van der Waals surface area contributed by atoms with Crippen molar-refractivity contribution >= 4 is 12.6 Å². The van der Waals surface area contributed by atoms with Gasteiger partial charge in [0.2, 0.25) is 6.23 Å². The average molecular weight is 277 g/mol. The van der Waals surface area contributed by atoms with Gasteiger partial charge in [-0.25, -0.2) is 0 Å². The maximum Gasteiger partial charge on any atom is 0.428 e. The van der Waals surface area contributed by atoms with E-state index < -0.39 is 12.4 Å². The summed E-state index contributed by atoms with van der Waals surface area (Å²) in [6, 6.07) is 5.60. The molecule has 6 heteroatoms. The Hall–Kier alpha value is -0.720. The molecule has 0 bridgehead atoms. The van der Waals surface area contributed by atoms with Crippen molar-refractivity contribution < 1.29 is 18.3 Å². The minimum atomic E-state index is -4.59. The first-order chi connectivity index (χ1) is 8.38. The molecule has 1 atom stereocenters. The standard InChI is InChI=1S/C12H14F3NOS/c13-12(14,15)11(17)16-5-3-8-1-2-10(18)7-9(8)4-6-16/h1-2,7,11,17-18H,3-6H2. The second kappa shape index (κ2) is 5.11. The van der Waals surface area contributed by atoms with Crippen molar-refractivity contribution in [2.24, 2.45) is 0 Å². The molecule has 1 aliphatic rings. The lowest BCUT2D eigenvalue weighted by atomic mass is 10.0. The third-order valence-corrected chi connectivity index (χ3v) is 3.44. The summed E-state index contributed by atoms with van der Waals surface area (Å²) >= 11 is 4.22. The monoisotopic (exact) mass is 277 g/mol. The molecule has 1 aromatic rings. The van der Waals surface area contributed by atoms with Crippen LogP contribution in [0.15, 0.2) is 23.1 Å². The fraction of sp³-hybridized carbons (Fsp3) is 0.500. The zero-order valence-corrected chi connectivity index (χ0v) is 10.5. The molecule has 1 heterocycles. The number of halogens is 3. The van der Waals surface area contributed by atoms with Gasteiger partial charge in [-0.2, -0.15) is 13.2 Å². The maximum absolute atomic E-state index is 12.5. The summed E-state index contributed by atoms with van der Waals surface area (Å²) in [6.07, 6.45) is -5.96. The van der Waals surface area contributed by atoms with Crippen molar-refractivity contribution in [1.82, 2.24) is 4.90 Å². The van der Waals surface area contributed by atoms with Crippen molar-refractivity contribution in [3.63, 3.8) is 0 Å². The highest BCUT2D eigenvalue weighted by Gasteiger charge is 2.42. The van der Waals surface area contributed by atoms with E-state index in [1.165, 1.54) is 0 Å². The Morgan fingerprint density at radius 2 is 1.78 bits per heavy atom. The number of nitrogens with zero attached hydrogens (tertiary/aromatic N) is 1. The van der Waals surface area contributed by atoms with Crippen molar-refractivity contribution in [3.05, 3.63) is 29.3 Å². The molecule has 0 aliphatic carbocycles. The second-order valence-corrected chi connectivity index (χ2v) is 4.92. The van der Waals surface area contributed by atoms with Crippen LogP contribution in [-0.2, 0) is 12.8 Å². The molecule has 1 unspecified atom stereocenters. The highest BCUT2D eigenvalue weighted by molar-refractivity contribution is 7.80. The summed E-state index contributed by atoms with van der Waals surface area (Å²) in [7, 11) is 0. The molecule has 0 fully saturated rings. The van der Waals surface area contributed by atoms with Gasteiger partial charge in [0.25, 0.3) is 0 Å². The van der Waals surface area contributed by atoms with E-state index in [9.17, 15) is 18.3 Å². The Morgan fingerprint density at radius 1 is 1.17 bits per heavy atom. The maximum atomic E-state index is 12.5. The van der Waals surface area contributed by atoms with E-state index >= 15 is 0 Å². The van der Waals surface area contributed by atoms with E-state index in [-0.39, 0.29) is 13.1 Å². The fourth-order valence-electron chi connectivity index (χ4n) is 2.18. The number of thiol groups is 1. The van der Waals surface area contributed by atoms with Crippen LogP contribution in [0.1, 0.15) is 11.1 Å². The lowest BCUT2D eigenvalue weighted by Gasteiger charge is -2.27. The zero-order valence-electron chi connectivity index (χ0n) is 9.61. The highest BCUT2D eigenvalue weighted by atomic mass is 32.1. The van der Waals surface area contributed by atoms with Crippen molar-refractivity contribution in [1.29, 1.82) is 0 Å². The highest BCUT2D eigenvalue weighted by Crippen LogP contribution is 2.26. The quantitative estimate of drug-likeness (QED) is 0.769. The Labute approximate surface area is 109 Å². The van der Waals surface area contributed by atoms with Gasteiger partial charge in [-0.05, 0) is 36.1 Å². The van der Waals surface area contributed by atoms with E-state index in [1.807, 2.05) is 18.2 Å². The Bertz CT molecular complexity index is 436. The molecule has 0 aromatic heterocycles. The zero-order chi connectivity index (χ0) is 13.3. The van der Waals surface area contributed by atoms with E-state index in [0.29, 0.717) is 12.8 Å². The first kappa shape index (κ1) is 13.7. The van der Waals surface area contributed by atoms with Gasteiger partial charge in [0, 0.05) is 18.0 Å². The van der Waals surface area contributed by atoms with Gasteiger partial charge < -0.3 is 5.11 Å². The molecular weight excluding hydrogens is 263 g/mol. The SMILES string of the molecule is OC(N1CCc2ccc(S)cc2CC1)C(F)(F)F. The van der Waals surface area contributed by atoms with Crippen LogP contribution in [0, 0.1) is 0 Å². The summed E-state index contributed by atoms with van der Waals surface area (Å²) in [5.74, 6) is 0. The van der Waals surface area contributed by atoms with E-state index in [4.69, 9.17) is 0 Å². The summed E-state index contributed by atoms with van der Waals surface area (Å²) < 4.78 is 37.4. The summed E-state index contributed by atoms with van der Waals surface area (Å²) in [5, 5.41) is 9.25. The van der Waals surface area contributed by atoms with E-state index in [2.05, 4.69) is 12.6 Å². The third kappa shape index (κ3) is 2.99. The molecule has 18 heavy (non-hydrogen) atoms. The Morgan fingerprint density at radius 3 is 2.39 bits per heavy atom. The molecule has 1 N–H and O–H groups in total. The number of hydrogen-bond acceptors (Lipinski definition) is 3.